The third-order valence-electron chi connectivity index (χ3n) is 3.25. The van der Waals surface area contributed by atoms with Crippen molar-refractivity contribution in [1.82, 2.24) is 9.97 Å². The Bertz CT molecular complexity index is 646. The van der Waals surface area contributed by atoms with Gasteiger partial charge >= 0.3 is 0 Å². The van der Waals surface area contributed by atoms with E-state index in [2.05, 4.69) is 80.0 Å². The molecule has 0 bridgehead atoms. The number of aromatic nitrogens is 2. The molecule has 0 amide bonds. The van der Waals surface area contributed by atoms with Crippen LogP contribution < -0.4 is 5.32 Å². The van der Waals surface area contributed by atoms with Crippen LogP contribution in [-0.4, -0.2) is 16.5 Å². The van der Waals surface area contributed by atoms with Crippen LogP contribution in [0, 0.1) is 20.8 Å². The van der Waals surface area contributed by atoms with Crippen LogP contribution in [0.4, 0.5) is 5.82 Å². The third kappa shape index (κ3) is 3.64. The van der Waals surface area contributed by atoms with Crippen LogP contribution in [0.3, 0.4) is 0 Å². The van der Waals surface area contributed by atoms with Gasteiger partial charge in [0.1, 0.15) is 5.82 Å². The van der Waals surface area contributed by atoms with Crippen molar-refractivity contribution in [2.75, 3.05) is 11.9 Å². The zero-order valence-corrected chi connectivity index (χ0v) is 15.9. The molecule has 0 radical (unpaired) electrons. The van der Waals surface area contributed by atoms with Crippen molar-refractivity contribution in [3.05, 3.63) is 37.9 Å². The molecule has 0 saturated heterocycles. The molecule has 1 aromatic heterocycles. The molecular weight excluding hydrogens is 394 g/mol. The zero-order valence-electron chi connectivity index (χ0n) is 12.7. The molecule has 21 heavy (non-hydrogen) atoms. The second-order valence-electron chi connectivity index (χ2n) is 5.15. The number of nitrogens with one attached hydrogen (secondary N) is 1. The normalized spacial score (nSPS) is 10.8. The number of rotatable bonds is 4. The highest BCUT2D eigenvalue weighted by Gasteiger charge is 2.12. The maximum absolute atomic E-state index is 4.67. The average molecular weight is 413 g/mol. The van der Waals surface area contributed by atoms with Crippen molar-refractivity contribution in [3.8, 4) is 11.4 Å². The lowest BCUT2D eigenvalue weighted by Gasteiger charge is -2.12. The number of benzene rings is 1. The maximum atomic E-state index is 4.67. The Hall–Kier alpha value is -0.940. The van der Waals surface area contributed by atoms with Gasteiger partial charge in [-0.1, -0.05) is 22.9 Å². The molecule has 0 fully saturated rings. The Morgan fingerprint density at radius 1 is 1.00 bits per heavy atom. The van der Waals surface area contributed by atoms with Crippen LogP contribution in [-0.2, 0) is 0 Å². The number of hydrogen-bond acceptors (Lipinski definition) is 3. The second kappa shape index (κ2) is 6.88. The lowest BCUT2D eigenvalue weighted by Crippen LogP contribution is -2.06. The largest absolute Gasteiger partial charge is 0.369 e. The van der Waals surface area contributed by atoms with E-state index in [0.29, 0.717) is 0 Å². The summed E-state index contributed by atoms with van der Waals surface area (Å²) in [5.74, 6) is 1.62. The van der Waals surface area contributed by atoms with Crippen LogP contribution in [0.2, 0.25) is 0 Å². The molecule has 0 aliphatic heterocycles. The smallest absolute Gasteiger partial charge is 0.161 e. The van der Waals surface area contributed by atoms with Crippen LogP contribution in [0.5, 0.6) is 0 Å². The number of aryl methyl sites for hydroxylation is 3. The van der Waals surface area contributed by atoms with Crippen molar-refractivity contribution in [2.24, 2.45) is 0 Å². The molecule has 0 aliphatic carbocycles. The summed E-state index contributed by atoms with van der Waals surface area (Å²) in [4.78, 5) is 9.28. The molecule has 0 aliphatic rings. The van der Waals surface area contributed by atoms with Gasteiger partial charge in [-0.15, -0.1) is 0 Å². The molecule has 0 atom stereocenters. The minimum Gasteiger partial charge on any atom is -0.369 e. The topological polar surface area (TPSA) is 37.8 Å². The first-order chi connectivity index (χ1) is 9.93. The summed E-state index contributed by atoms with van der Waals surface area (Å²) in [6.45, 7) is 9.19. The summed E-state index contributed by atoms with van der Waals surface area (Å²) in [6.07, 6.45) is 1.06. The van der Waals surface area contributed by atoms with Crippen molar-refractivity contribution in [3.63, 3.8) is 0 Å². The van der Waals surface area contributed by atoms with Crippen molar-refractivity contribution < 1.29 is 0 Å². The van der Waals surface area contributed by atoms with Crippen LogP contribution in [0.1, 0.15) is 30.2 Å². The molecule has 0 unspecified atom stereocenters. The van der Waals surface area contributed by atoms with Crippen LogP contribution >= 0.6 is 31.9 Å². The maximum Gasteiger partial charge on any atom is 0.161 e. The molecular formula is C16H19Br2N3. The van der Waals surface area contributed by atoms with E-state index in [1.807, 2.05) is 6.92 Å². The van der Waals surface area contributed by atoms with E-state index >= 15 is 0 Å². The molecule has 112 valence electrons. The Morgan fingerprint density at radius 2 is 1.62 bits per heavy atom. The lowest BCUT2D eigenvalue weighted by molar-refractivity contribution is 0.958. The monoisotopic (exact) mass is 411 g/mol. The van der Waals surface area contributed by atoms with Gasteiger partial charge in [-0.2, -0.15) is 0 Å². The minimum absolute atomic E-state index is 0.757. The van der Waals surface area contributed by atoms with E-state index in [9.17, 15) is 0 Å². The van der Waals surface area contributed by atoms with Gasteiger partial charge in [-0.05, 0) is 66.4 Å². The first kappa shape index (κ1) is 16.4. The van der Waals surface area contributed by atoms with Gasteiger partial charge in [0.15, 0.2) is 5.82 Å². The molecule has 5 heteroatoms. The molecule has 2 rings (SSSR count). The van der Waals surface area contributed by atoms with E-state index < -0.39 is 0 Å². The quantitative estimate of drug-likeness (QED) is 0.728. The van der Waals surface area contributed by atoms with Gasteiger partial charge in [0, 0.05) is 16.6 Å². The Morgan fingerprint density at radius 3 is 2.19 bits per heavy atom. The first-order valence-electron chi connectivity index (χ1n) is 6.99. The number of nitrogens with zero attached hydrogens (tertiary/aromatic N) is 2. The third-order valence-corrected chi connectivity index (χ3v) is 5.45. The van der Waals surface area contributed by atoms with Gasteiger partial charge in [0.05, 0.1) is 10.2 Å². The highest BCUT2D eigenvalue weighted by molar-refractivity contribution is 9.11. The van der Waals surface area contributed by atoms with E-state index in [1.165, 1.54) is 11.1 Å². The second-order valence-corrected chi connectivity index (χ2v) is 6.73. The number of halogens is 2. The Labute approximate surface area is 142 Å². The van der Waals surface area contributed by atoms with Gasteiger partial charge in [0.2, 0.25) is 0 Å². The van der Waals surface area contributed by atoms with Crippen molar-refractivity contribution >= 4 is 37.7 Å². The molecule has 1 heterocycles. The Balaban J connectivity index is 2.51. The van der Waals surface area contributed by atoms with Crippen molar-refractivity contribution in [2.45, 2.75) is 34.1 Å². The minimum atomic E-state index is 0.757. The standard InChI is InChI=1S/C16H19Br2N3/c1-5-6-19-16-14(18)11(4)20-15(21-16)12-7-9(2)13(17)10(3)8-12/h7-8H,5-6H2,1-4H3,(H,19,20,21). The molecule has 0 saturated carbocycles. The van der Waals surface area contributed by atoms with Gasteiger partial charge in [-0.25, -0.2) is 9.97 Å². The van der Waals surface area contributed by atoms with Crippen LogP contribution in [0.15, 0.2) is 21.1 Å². The predicted octanol–water partition coefficient (Wildman–Crippen LogP) is 5.42. The van der Waals surface area contributed by atoms with Crippen molar-refractivity contribution in [1.29, 1.82) is 0 Å². The molecule has 2 aromatic rings. The van der Waals surface area contributed by atoms with E-state index in [0.717, 1.165) is 44.8 Å². The number of anilines is 1. The van der Waals surface area contributed by atoms with E-state index in [1.54, 1.807) is 0 Å². The highest BCUT2D eigenvalue weighted by Crippen LogP contribution is 2.30. The van der Waals surface area contributed by atoms with Crippen LogP contribution in [0.25, 0.3) is 11.4 Å². The Kier molecular flexibility index (Phi) is 5.38. The first-order valence-corrected chi connectivity index (χ1v) is 8.57. The summed E-state index contributed by atoms with van der Waals surface area (Å²) in [6, 6.07) is 4.23. The van der Waals surface area contributed by atoms with E-state index in [-0.39, 0.29) is 0 Å². The average Bonchev–Trinajstić information content (AvgIpc) is 2.45. The summed E-state index contributed by atoms with van der Waals surface area (Å²) < 4.78 is 2.08. The van der Waals surface area contributed by atoms with E-state index in [4.69, 9.17) is 0 Å². The highest BCUT2D eigenvalue weighted by atomic mass is 79.9. The molecule has 1 aromatic carbocycles. The summed E-state index contributed by atoms with van der Waals surface area (Å²) in [5.41, 5.74) is 4.37. The fourth-order valence-electron chi connectivity index (χ4n) is 2.12. The van der Waals surface area contributed by atoms with Gasteiger partial charge in [-0.3, -0.25) is 0 Å². The predicted molar refractivity (Wildman–Crippen MR) is 95.9 cm³/mol. The molecule has 0 spiro atoms. The number of hydrogen-bond donors (Lipinski definition) is 1. The summed E-state index contributed by atoms with van der Waals surface area (Å²) in [7, 11) is 0. The zero-order chi connectivity index (χ0) is 15.6. The van der Waals surface area contributed by atoms with Gasteiger partial charge < -0.3 is 5.32 Å². The SMILES string of the molecule is CCCNc1nc(-c2cc(C)c(Br)c(C)c2)nc(C)c1Br. The fraction of sp³-hybridized carbons (Fsp3) is 0.375. The van der Waals surface area contributed by atoms with Gasteiger partial charge in [0.25, 0.3) is 0 Å². The molecule has 3 nitrogen and oxygen atoms in total. The summed E-state index contributed by atoms with van der Waals surface area (Å²) in [5, 5.41) is 3.35. The lowest BCUT2D eigenvalue weighted by atomic mass is 10.1. The molecule has 1 N–H and O–H groups in total. The fourth-order valence-corrected chi connectivity index (χ4v) is 2.67. The summed E-state index contributed by atoms with van der Waals surface area (Å²) >= 11 is 7.16.